The number of hydrogen-bond donors (Lipinski definition) is 0. The standard InChI is InChI=1S/C10H11ClO2/c1-3-13-10-7(2)4-8(6-12)5-9(10)11/h4-6H,3H2,1-2H3. The van der Waals surface area contributed by atoms with E-state index in [0.29, 0.717) is 22.9 Å². The smallest absolute Gasteiger partial charge is 0.150 e. The summed E-state index contributed by atoms with van der Waals surface area (Å²) in [5.74, 6) is 0.662. The van der Waals surface area contributed by atoms with Crippen molar-refractivity contribution in [3.63, 3.8) is 0 Å². The van der Waals surface area contributed by atoms with Crippen molar-refractivity contribution in [1.82, 2.24) is 0 Å². The number of ether oxygens (including phenoxy) is 1. The topological polar surface area (TPSA) is 26.3 Å². The molecule has 0 saturated carbocycles. The summed E-state index contributed by atoms with van der Waals surface area (Å²) in [5, 5.41) is 0.490. The van der Waals surface area contributed by atoms with Crippen LogP contribution in [-0.4, -0.2) is 12.9 Å². The summed E-state index contributed by atoms with van der Waals surface area (Å²) < 4.78 is 5.32. The first kappa shape index (κ1) is 10.1. The van der Waals surface area contributed by atoms with Gasteiger partial charge in [-0.3, -0.25) is 4.79 Å². The first-order valence-electron chi connectivity index (χ1n) is 4.07. The predicted octanol–water partition coefficient (Wildman–Crippen LogP) is 2.86. The quantitative estimate of drug-likeness (QED) is 0.699. The van der Waals surface area contributed by atoms with E-state index in [-0.39, 0.29) is 0 Å². The van der Waals surface area contributed by atoms with Crippen molar-refractivity contribution in [3.05, 3.63) is 28.3 Å². The zero-order valence-electron chi connectivity index (χ0n) is 7.63. The van der Waals surface area contributed by atoms with Crippen molar-refractivity contribution in [2.24, 2.45) is 0 Å². The molecule has 0 aromatic heterocycles. The van der Waals surface area contributed by atoms with Crippen LogP contribution in [0, 0.1) is 6.92 Å². The molecule has 13 heavy (non-hydrogen) atoms. The Morgan fingerprint density at radius 2 is 2.23 bits per heavy atom. The number of carbonyl (C=O) groups is 1. The Labute approximate surface area is 82.5 Å². The van der Waals surface area contributed by atoms with Gasteiger partial charge in [0.1, 0.15) is 12.0 Å². The van der Waals surface area contributed by atoms with E-state index in [1.807, 2.05) is 13.8 Å². The predicted molar refractivity (Wildman–Crippen MR) is 52.7 cm³/mol. The molecule has 0 fully saturated rings. The number of benzene rings is 1. The Bertz CT molecular complexity index is 298. The lowest BCUT2D eigenvalue weighted by atomic mass is 10.1. The average Bonchev–Trinajstić information content (AvgIpc) is 2.11. The Morgan fingerprint density at radius 3 is 2.69 bits per heavy atom. The first-order valence-corrected chi connectivity index (χ1v) is 4.45. The van der Waals surface area contributed by atoms with Crippen LogP contribution in [0.15, 0.2) is 12.1 Å². The summed E-state index contributed by atoms with van der Waals surface area (Å²) in [4.78, 5) is 10.5. The van der Waals surface area contributed by atoms with Gasteiger partial charge < -0.3 is 4.74 Å². The number of rotatable bonds is 3. The van der Waals surface area contributed by atoms with E-state index in [2.05, 4.69) is 0 Å². The molecule has 1 aromatic carbocycles. The fraction of sp³-hybridized carbons (Fsp3) is 0.300. The highest BCUT2D eigenvalue weighted by Crippen LogP contribution is 2.29. The van der Waals surface area contributed by atoms with Crippen LogP contribution in [0.4, 0.5) is 0 Å². The van der Waals surface area contributed by atoms with Gasteiger partial charge in [-0.1, -0.05) is 11.6 Å². The lowest BCUT2D eigenvalue weighted by Crippen LogP contribution is -1.96. The minimum Gasteiger partial charge on any atom is -0.492 e. The summed E-state index contributed by atoms with van der Waals surface area (Å²) >= 11 is 5.91. The summed E-state index contributed by atoms with van der Waals surface area (Å²) in [7, 11) is 0. The molecule has 2 nitrogen and oxygen atoms in total. The van der Waals surface area contributed by atoms with Crippen LogP contribution in [0.3, 0.4) is 0 Å². The van der Waals surface area contributed by atoms with Crippen LogP contribution >= 0.6 is 11.6 Å². The Kier molecular flexibility index (Phi) is 3.32. The molecule has 1 rings (SSSR count). The van der Waals surface area contributed by atoms with E-state index in [4.69, 9.17) is 16.3 Å². The van der Waals surface area contributed by atoms with Gasteiger partial charge in [0.2, 0.25) is 0 Å². The fourth-order valence-corrected chi connectivity index (χ4v) is 1.48. The third-order valence-electron chi connectivity index (χ3n) is 1.68. The monoisotopic (exact) mass is 198 g/mol. The van der Waals surface area contributed by atoms with Crippen molar-refractivity contribution in [3.8, 4) is 5.75 Å². The summed E-state index contributed by atoms with van der Waals surface area (Å²) in [6.07, 6.45) is 0.772. The third-order valence-corrected chi connectivity index (χ3v) is 1.96. The molecule has 0 bridgehead atoms. The fourth-order valence-electron chi connectivity index (χ4n) is 1.15. The van der Waals surface area contributed by atoms with E-state index in [0.717, 1.165) is 11.8 Å². The van der Waals surface area contributed by atoms with Crippen LogP contribution in [0.1, 0.15) is 22.8 Å². The lowest BCUT2D eigenvalue weighted by molar-refractivity contribution is 0.112. The molecule has 0 aliphatic rings. The highest BCUT2D eigenvalue weighted by Gasteiger charge is 2.06. The van der Waals surface area contributed by atoms with Crippen molar-refractivity contribution >= 4 is 17.9 Å². The molecule has 0 spiro atoms. The largest absolute Gasteiger partial charge is 0.492 e. The van der Waals surface area contributed by atoms with Gasteiger partial charge in [0.05, 0.1) is 11.6 Å². The van der Waals surface area contributed by atoms with E-state index in [1.165, 1.54) is 0 Å². The van der Waals surface area contributed by atoms with Gasteiger partial charge in [-0.15, -0.1) is 0 Å². The van der Waals surface area contributed by atoms with Crippen molar-refractivity contribution in [2.45, 2.75) is 13.8 Å². The van der Waals surface area contributed by atoms with Gasteiger partial charge >= 0.3 is 0 Å². The van der Waals surface area contributed by atoms with Crippen molar-refractivity contribution in [1.29, 1.82) is 0 Å². The van der Waals surface area contributed by atoms with Crippen molar-refractivity contribution < 1.29 is 9.53 Å². The molecule has 0 saturated heterocycles. The molecule has 3 heteroatoms. The summed E-state index contributed by atoms with van der Waals surface area (Å²) in [5.41, 5.74) is 1.46. The molecule has 0 amide bonds. The van der Waals surface area contributed by atoms with Gasteiger partial charge in [-0.25, -0.2) is 0 Å². The van der Waals surface area contributed by atoms with E-state index < -0.39 is 0 Å². The Balaban J connectivity index is 3.14. The minimum absolute atomic E-state index is 0.490. The molecular formula is C10H11ClO2. The summed E-state index contributed by atoms with van der Waals surface area (Å²) in [6, 6.07) is 3.36. The molecule has 0 aliphatic carbocycles. The Morgan fingerprint density at radius 1 is 1.54 bits per heavy atom. The summed E-state index contributed by atoms with van der Waals surface area (Å²) in [6.45, 7) is 4.33. The number of aldehydes is 1. The zero-order chi connectivity index (χ0) is 9.84. The lowest BCUT2D eigenvalue weighted by Gasteiger charge is -2.09. The molecule has 0 aliphatic heterocycles. The van der Waals surface area contributed by atoms with E-state index in [9.17, 15) is 4.79 Å². The van der Waals surface area contributed by atoms with Gasteiger partial charge in [-0.2, -0.15) is 0 Å². The van der Waals surface area contributed by atoms with Crippen LogP contribution in [0.5, 0.6) is 5.75 Å². The first-order chi connectivity index (χ1) is 6.19. The van der Waals surface area contributed by atoms with Crippen LogP contribution < -0.4 is 4.74 Å². The highest BCUT2D eigenvalue weighted by atomic mass is 35.5. The van der Waals surface area contributed by atoms with Gasteiger partial charge in [-0.05, 0) is 31.5 Å². The second-order valence-corrected chi connectivity index (χ2v) is 3.11. The highest BCUT2D eigenvalue weighted by molar-refractivity contribution is 6.32. The van der Waals surface area contributed by atoms with Crippen LogP contribution in [-0.2, 0) is 0 Å². The zero-order valence-corrected chi connectivity index (χ0v) is 8.39. The number of hydrogen-bond acceptors (Lipinski definition) is 2. The molecular weight excluding hydrogens is 188 g/mol. The Hall–Kier alpha value is -1.02. The van der Waals surface area contributed by atoms with Crippen LogP contribution in [0.2, 0.25) is 5.02 Å². The SMILES string of the molecule is CCOc1c(C)cc(C=O)cc1Cl. The maximum atomic E-state index is 10.5. The molecule has 0 radical (unpaired) electrons. The number of carbonyl (C=O) groups excluding carboxylic acids is 1. The second-order valence-electron chi connectivity index (χ2n) is 2.70. The number of aryl methyl sites for hydroxylation is 1. The molecule has 1 aromatic rings. The molecule has 0 heterocycles. The minimum atomic E-state index is 0.490. The van der Waals surface area contributed by atoms with Crippen molar-refractivity contribution in [2.75, 3.05) is 6.61 Å². The third kappa shape index (κ3) is 2.22. The number of halogens is 1. The van der Waals surface area contributed by atoms with Gasteiger partial charge in [0.25, 0.3) is 0 Å². The average molecular weight is 199 g/mol. The van der Waals surface area contributed by atoms with E-state index >= 15 is 0 Å². The maximum absolute atomic E-state index is 10.5. The molecule has 70 valence electrons. The van der Waals surface area contributed by atoms with Crippen LogP contribution in [0.25, 0.3) is 0 Å². The maximum Gasteiger partial charge on any atom is 0.150 e. The van der Waals surface area contributed by atoms with E-state index in [1.54, 1.807) is 12.1 Å². The molecule has 0 N–H and O–H groups in total. The molecule has 0 atom stereocenters. The van der Waals surface area contributed by atoms with Gasteiger partial charge in [0, 0.05) is 5.56 Å². The normalized spacial score (nSPS) is 9.77. The molecule has 0 unspecified atom stereocenters. The second kappa shape index (κ2) is 4.28. The van der Waals surface area contributed by atoms with Gasteiger partial charge in [0.15, 0.2) is 0 Å².